The number of rotatable bonds is 7. The lowest BCUT2D eigenvalue weighted by Gasteiger charge is -2.38. The van der Waals surface area contributed by atoms with Gasteiger partial charge in [-0.15, -0.1) is 0 Å². The number of nitrogens with one attached hydrogen (secondary N) is 1. The van der Waals surface area contributed by atoms with E-state index in [4.69, 9.17) is 14.5 Å². The second-order valence-corrected chi connectivity index (χ2v) is 9.62. The molecule has 2 fully saturated rings. The summed E-state index contributed by atoms with van der Waals surface area (Å²) < 4.78 is 33.0. The number of likely N-dealkylation sites (tertiary alicyclic amines) is 1. The van der Waals surface area contributed by atoms with Crippen molar-refractivity contribution in [3.63, 3.8) is 0 Å². The average Bonchev–Trinajstić information content (AvgIpc) is 3.50. The van der Waals surface area contributed by atoms with E-state index in [1.807, 2.05) is 29.9 Å². The molecule has 0 radical (unpaired) electrons. The summed E-state index contributed by atoms with van der Waals surface area (Å²) in [4.78, 5) is 24.4. The number of para-hydroxylation sites is 1. The first-order chi connectivity index (χ1) is 17.6. The van der Waals surface area contributed by atoms with E-state index in [1.54, 1.807) is 12.4 Å². The largest absolute Gasteiger partial charge is 0.375 e. The van der Waals surface area contributed by atoms with E-state index in [1.165, 1.54) is 5.56 Å². The van der Waals surface area contributed by atoms with Gasteiger partial charge < -0.3 is 14.5 Å². The third kappa shape index (κ3) is 5.63. The summed E-state index contributed by atoms with van der Waals surface area (Å²) in [6, 6.07) is 7.75. The van der Waals surface area contributed by atoms with Crippen LogP contribution in [0.3, 0.4) is 0 Å². The smallest absolute Gasteiger partial charge is 0.251 e. The van der Waals surface area contributed by atoms with Crippen LogP contribution in [0.4, 0.5) is 8.78 Å². The van der Waals surface area contributed by atoms with E-state index in [2.05, 4.69) is 27.7 Å². The predicted molar refractivity (Wildman–Crippen MR) is 139 cm³/mol. The van der Waals surface area contributed by atoms with Crippen molar-refractivity contribution in [2.45, 2.75) is 50.2 Å². The molecule has 4 heterocycles. The van der Waals surface area contributed by atoms with Crippen LogP contribution in [0.2, 0.25) is 0 Å². The minimum atomic E-state index is -2.42. The maximum atomic E-state index is 13.5. The molecule has 5 rings (SSSR count). The molecular weight excluding hydrogens is 464 g/mol. The Bertz CT molecular complexity index is 1080. The molecular formula is C27H35F2N5O2. The van der Waals surface area contributed by atoms with Crippen LogP contribution < -0.4 is 0 Å². The average molecular weight is 500 g/mol. The molecule has 0 amide bonds. The van der Waals surface area contributed by atoms with Gasteiger partial charge in [-0.3, -0.25) is 19.8 Å². The second kappa shape index (κ2) is 12.0. The number of carbonyl (C=O) groups is 1. The summed E-state index contributed by atoms with van der Waals surface area (Å²) in [5, 5.41) is 1.15. The summed E-state index contributed by atoms with van der Waals surface area (Å²) in [6.07, 6.45) is 6.18. The molecule has 1 aromatic carbocycles. The van der Waals surface area contributed by atoms with E-state index in [9.17, 15) is 8.78 Å². The number of aromatic amines is 1. The maximum Gasteiger partial charge on any atom is 0.251 e. The molecule has 0 bridgehead atoms. The highest BCUT2D eigenvalue weighted by Crippen LogP contribution is 2.39. The standard InChI is InChI=1S/C26H33F2N5O.CH2O/c1-29-15-19(16-30-18-32-12-9-26(10-13-32)8-4-14-34-26)25-24-21(7-11-33(25)17-23(27)28)20-5-2-3-6-22(20)31-24;1-2/h2-3,5-6,15-16,23,25,31H,1,4,7-14,17-18H2;1H2/b19-15+,30-16-;. The Kier molecular flexibility index (Phi) is 8.77. The fraction of sp³-hybridized carbons (Fsp3) is 0.519. The van der Waals surface area contributed by atoms with Crippen molar-refractivity contribution in [1.82, 2.24) is 14.8 Å². The summed E-state index contributed by atoms with van der Waals surface area (Å²) in [5.74, 6) is 0. The molecule has 0 saturated carbocycles. The summed E-state index contributed by atoms with van der Waals surface area (Å²) in [6.45, 7) is 9.27. The molecule has 3 aliphatic heterocycles. The Labute approximate surface area is 210 Å². The fourth-order valence-corrected chi connectivity index (χ4v) is 5.84. The minimum absolute atomic E-state index is 0.0853. The molecule has 36 heavy (non-hydrogen) atoms. The van der Waals surface area contributed by atoms with Gasteiger partial charge in [0.15, 0.2) is 0 Å². The minimum Gasteiger partial charge on any atom is -0.375 e. The van der Waals surface area contributed by atoms with Crippen molar-refractivity contribution in [3.8, 4) is 0 Å². The lowest BCUT2D eigenvalue weighted by atomic mass is 9.89. The van der Waals surface area contributed by atoms with Crippen LogP contribution >= 0.6 is 0 Å². The van der Waals surface area contributed by atoms with Crippen LogP contribution in [0.25, 0.3) is 10.9 Å². The Morgan fingerprint density at radius 1 is 1.22 bits per heavy atom. The first-order valence-corrected chi connectivity index (χ1v) is 12.5. The Morgan fingerprint density at radius 3 is 2.69 bits per heavy atom. The second-order valence-electron chi connectivity index (χ2n) is 9.62. The number of hydrogen-bond acceptors (Lipinski definition) is 6. The van der Waals surface area contributed by atoms with Gasteiger partial charge in [0, 0.05) is 60.8 Å². The normalized spacial score (nSPS) is 22.8. The number of halogens is 2. The number of nitrogens with zero attached hydrogens (tertiary/aromatic N) is 4. The van der Waals surface area contributed by atoms with Crippen LogP contribution in [-0.2, 0) is 16.0 Å². The molecule has 1 atom stereocenters. The molecule has 7 nitrogen and oxygen atoms in total. The summed E-state index contributed by atoms with van der Waals surface area (Å²) >= 11 is 0. The maximum absolute atomic E-state index is 13.5. The molecule has 1 aromatic heterocycles. The zero-order valence-electron chi connectivity index (χ0n) is 20.7. The third-order valence-electron chi connectivity index (χ3n) is 7.54. The van der Waals surface area contributed by atoms with E-state index >= 15 is 0 Å². The quantitative estimate of drug-likeness (QED) is 0.573. The number of alkyl halides is 2. The number of benzene rings is 1. The first kappa shape index (κ1) is 26.3. The molecule has 194 valence electrons. The van der Waals surface area contributed by atoms with Crippen LogP contribution in [0.1, 0.15) is 43.0 Å². The molecule has 1 N–H and O–H groups in total. The summed E-state index contributed by atoms with van der Waals surface area (Å²) in [5.41, 5.74) is 4.02. The van der Waals surface area contributed by atoms with Crippen LogP contribution in [0, 0.1) is 0 Å². The molecule has 0 aliphatic carbocycles. The van der Waals surface area contributed by atoms with E-state index in [0.717, 1.165) is 74.0 Å². The number of carbonyl (C=O) groups excluding carboxylic acids is 1. The Balaban J connectivity index is 0.00000148. The van der Waals surface area contributed by atoms with Gasteiger partial charge >= 0.3 is 0 Å². The predicted octanol–water partition coefficient (Wildman–Crippen LogP) is 4.41. The van der Waals surface area contributed by atoms with Gasteiger partial charge in [-0.05, 0) is 50.5 Å². The van der Waals surface area contributed by atoms with Crippen LogP contribution in [0.15, 0.2) is 46.0 Å². The summed E-state index contributed by atoms with van der Waals surface area (Å²) in [7, 11) is 0. The van der Waals surface area contributed by atoms with Crippen LogP contribution in [0.5, 0.6) is 0 Å². The van der Waals surface area contributed by atoms with Crippen molar-refractivity contribution >= 4 is 30.6 Å². The van der Waals surface area contributed by atoms with E-state index in [0.29, 0.717) is 13.2 Å². The Morgan fingerprint density at radius 2 is 2.00 bits per heavy atom. The van der Waals surface area contributed by atoms with Crippen molar-refractivity contribution < 1.29 is 18.3 Å². The SMILES string of the molecule is C=N/C=C(\C=N/CN1CCC2(CCCO2)CC1)C1c2[nH]c3ccccc3c2CCN1CC(F)F.C=O. The highest BCUT2D eigenvalue weighted by molar-refractivity contribution is 5.87. The number of piperidine rings is 1. The van der Waals surface area contributed by atoms with Crippen molar-refractivity contribution in [3.05, 3.63) is 47.3 Å². The zero-order valence-corrected chi connectivity index (χ0v) is 20.7. The van der Waals surface area contributed by atoms with Gasteiger partial charge in [-0.25, -0.2) is 8.78 Å². The molecule has 2 saturated heterocycles. The van der Waals surface area contributed by atoms with E-state index < -0.39 is 6.43 Å². The zero-order chi connectivity index (χ0) is 25.5. The molecule has 3 aliphatic rings. The lowest BCUT2D eigenvalue weighted by Crippen LogP contribution is -2.44. The van der Waals surface area contributed by atoms with Gasteiger partial charge in [-0.2, -0.15) is 0 Å². The third-order valence-corrected chi connectivity index (χ3v) is 7.54. The van der Waals surface area contributed by atoms with E-state index in [-0.39, 0.29) is 18.2 Å². The number of aliphatic imine (C=N–C) groups is 2. The van der Waals surface area contributed by atoms with Gasteiger partial charge in [0.05, 0.1) is 24.9 Å². The monoisotopic (exact) mass is 499 g/mol. The molecule has 1 unspecified atom stereocenters. The van der Waals surface area contributed by atoms with Crippen molar-refractivity contribution in [1.29, 1.82) is 0 Å². The fourth-order valence-electron chi connectivity index (χ4n) is 5.84. The van der Waals surface area contributed by atoms with Crippen molar-refractivity contribution in [2.75, 3.05) is 39.5 Å². The van der Waals surface area contributed by atoms with Gasteiger partial charge in [0.25, 0.3) is 6.43 Å². The number of aromatic nitrogens is 1. The van der Waals surface area contributed by atoms with Gasteiger partial charge in [-0.1, -0.05) is 18.2 Å². The first-order valence-electron chi connectivity index (χ1n) is 12.5. The topological polar surface area (TPSA) is 73.3 Å². The molecule has 2 aromatic rings. The number of H-pyrrole nitrogens is 1. The van der Waals surface area contributed by atoms with Gasteiger partial charge in [0.2, 0.25) is 0 Å². The molecule has 1 spiro atoms. The van der Waals surface area contributed by atoms with Gasteiger partial charge in [0.1, 0.15) is 6.79 Å². The van der Waals surface area contributed by atoms with Crippen molar-refractivity contribution in [2.24, 2.45) is 9.98 Å². The molecule has 9 heteroatoms. The highest BCUT2D eigenvalue weighted by Gasteiger charge is 2.38. The number of ether oxygens (including phenoxy) is 1. The van der Waals surface area contributed by atoms with Crippen LogP contribution in [-0.4, -0.2) is 86.0 Å². The highest BCUT2D eigenvalue weighted by atomic mass is 19.3. The number of fused-ring (bicyclic) bond motifs is 3. The number of hydrogen-bond donors (Lipinski definition) is 1. The Hall–Kier alpha value is -2.75. The lowest BCUT2D eigenvalue weighted by molar-refractivity contribution is -0.0980.